The molecule has 0 fully saturated rings. The number of hydrogen-bond acceptors (Lipinski definition) is 6. The molecule has 0 unspecified atom stereocenters. The molecule has 0 atom stereocenters. The lowest BCUT2D eigenvalue weighted by molar-refractivity contribution is 0.102. The number of carbonyl (C=O) groups is 1. The van der Waals surface area contributed by atoms with Gasteiger partial charge >= 0.3 is 0 Å². The van der Waals surface area contributed by atoms with Crippen LogP contribution in [0, 0.1) is 0 Å². The van der Waals surface area contributed by atoms with Gasteiger partial charge in [0.2, 0.25) is 5.13 Å². The number of anilines is 1. The van der Waals surface area contributed by atoms with E-state index in [9.17, 15) is 4.79 Å². The number of nitrogens with zero attached hydrogens (tertiary/aromatic N) is 2. The number of rotatable bonds is 7. The maximum Gasteiger partial charge on any atom is 0.257 e. The lowest BCUT2D eigenvalue weighted by atomic mass is 10.2. The standard InChI is InChI=1S/C15H18BrN3O3S/c1-4-5-6-12-18-19-15(23-12)17-14(20)9-7-10(21-2)13(16)11(8-9)22-3/h7-8H,4-6H2,1-3H3,(H,17,19,20). The lowest BCUT2D eigenvalue weighted by Gasteiger charge is -2.10. The molecule has 0 saturated heterocycles. The van der Waals surface area contributed by atoms with E-state index in [1.807, 2.05) is 0 Å². The zero-order valence-electron chi connectivity index (χ0n) is 13.2. The molecule has 0 bridgehead atoms. The first kappa shape index (κ1) is 17.7. The van der Waals surface area contributed by atoms with E-state index in [1.54, 1.807) is 12.1 Å². The molecule has 0 aliphatic carbocycles. The van der Waals surface area contributed by atoms with Crippen LogP contribution in [0.15, 0.2) is 16.6 Å². The molecule has 1 aromatic carbocycles. The fourth-order valence-electron chi connectivity index (χ4n) is 1.90. The van der Waals surface area contributed by atoms with Gasteiger partial charge in [0, 0.05) is 12.0 Å². The summed E-state index contributed by atoms with van der Waals surface area (Å²) in [7, 11) is 3.07. The first-order valence-electron chi connectivity index (χ1n) is 7.14. The van der Waals surface area contributed by atoms with Crippen molar-refractivity contribution < 1.29 is 14.3 Å². The maximum atomic E-state index is 12.4. The number of nitrogens with one attached hydrogen (secondary N) is 1. The molecule has 1 N–H and O–H groups in total. The highest BCUT2D eigenvalue weighted by Crippen LogP contribution is 2.35. The van der Waals surface area contributed by atoms with E-state index >= 15 is 0 Å². The van der Waals surface area contributed by atoms with Gasteiger partial charge in [-0.1, -0.05) is 24.7 Å². The van der Waals surface area contributed by atoms with Gasteiger partial charge in [0.05, 0.1) is 14.2 Å². The summed E-state index contributed by atoms with van der Waals surface area (Å²) < 4.78 is 11.2. The maximum absolute atomic E-state index is 12.4. The molecule has 6 nitrogen and oxygen atoms in total. The SMILES string of the molecule is CCCCc1nnc(NC(=O)c2cc(OC)c(Br)c(OC)c2)s1. The predicted octanol–water partition coefficient (Wildman–Crippen LogP) is 3.91. The smallest absolute Gasteiger partial charge is 0.257 e. The second-order valence-electron chi connectivity index (χ2n) is 4.75. The van der Waals surface area contributed by atoms with E-state index < -0.39 is 0 Å². The van der Waals surface area contributed by atoms with Gasteiger partial charge in [-0.05, 0) is 34.5 Å². The quantitative estimate of drug-likeness (QED) is 0.763. The lowest BCUT2D eigenvalue weighted by Crippen LogP contribution is -2.12. The Kier molecular flexibility index (Phi) is 6.35. The van der Waals surface area contributed by atoms with E-state index in [1.165, 1.54) is 25.6 Å². The number of hydrogen-bond donors (Lipinski definition) is 1. The first-order valence-corrected chi connectivity index (χ1v) is 8.75. The van der Waals surface area contributed by atoms with Crippen molar-refractivity contribution in [2.75, 3.05) is 19.5 Å². The van der Waals surface area contributed by atoms with Crippen molar-refractivity contribution in [1.29, 1.82) is 0 Å². The van der Waals surface area contributed by atoms with Crippen LogP contribution in [0.25, 0.3) is 0 Å². The Hall–Kier alpha value is -1.67. The monoisotopic (exact) mass is 399 g/mol. The van der Waals surface area contributed by atoms with Gasteiger partial charge in [-0.2, -0.15) is 0 Å². The molecular weight excluding hydrogens is 382 g/mol. The van der Waals surface area contributed by atoms with Crippen LogP contribution in [-0.4, -0.2) is 30.3 Å². The summed E-state index contributed by atoms with van der Waals surface area (Å²) >= 11 is 4.77. The second-order valence-corrected chi connectivity index (χ2v) is 6.61. The number of benzene rings is 1. The van der Waals surface area contributed by atoms with Crippen LogP contribution in [0.4, 0.5) is 5.13 Å². The number of amides is 1. The van der Waals surface area contributed by atoms with Crippen molar-refractivity contribution >= 4 is 38.3 Å². The first-order chi connectivity index (χ1) is 11.1. The van der Waals surface area contributed by atoms with Crippen molar-refractivity contribution in [3.8, 4) is 11.5 Å². The highest BCUT2D eigenvalue weighted by atomic mass is 79.9. The van der Waals surface area contributed by atoms with Crippen LogP contribution in [0.3, 0.4) is 0 Å². The van der Waals surface area contributed by atoms with Crippen LogP contribution in [-0.2, 0) is 6.42 Å². The third-order valence-corrected chi connectivity index (χ3v) is 4.82. The molecule has 2 aromatic rings. The average Bonchev–Trinajstić information content (AvgIpc) is 3.00. The number of methoxy groups -OCH3 is 2. The van der Waals surface area contributed by atoms with Gasteiger partial charge in [0.15, 0.2) is 0 Å². The minimum absolute atomic E-state index is 0.285. The van der Waals surface area contributed by atoms with Crippen molar-refractivity contribution in [3.63, 3.8) is 0 Å². The molecule has 124 valence electrons. The number of ether oxygens (including phenoxy) is 2. The summed E-state index contributed by atoms with van der Waals surface area (Å²) in [5, 5.41) is 12.2. The Labute approximate surface area is 147 Å². The molecule has 1 heterocycles. The zero-order chi connectivity index (χ0) is 16.8. The van der Waals surface area contributed by atoms with E-state index in [4.69, 9.17) is 9.47 Å². The van der Waals surface area contributed by atoms with Gasteiger partial charge in [-0.15, -0.1) is 10.2 Å². The predicted molar refractivity (Wildman–Crippen MR) is 93.7 cm³/mol. The number of unbranched alkanes of at least 4 members (excludes halogenated alkanes) is 1. The summed E-state index contributed by atoms with van der Waals surface area (Å²) in [6, 6.07) is 3.28. The van der Waals surface area contributed by atoms with Gasteiger partial charge in [-0.3, -0.25) is 10.1 Å². The largest absolute Gasteiger partial charge is 0.495 e. The molecule has 0 radical (unpaired) electrons. The van der Waals surface area contributed by atoms with Crippen LogP contribution in [0.5, 0.6) is 11.5 Å². The van der Waals surface area contributed by atoms with Crippen LogP contribution < -0.4 is 14.8 Å². The summed E-state index contributed by atoms with van der Waals surface area (Å²) in [5.41, 5.74) is 0.423. The van der Waals surface area contributed by atoms with Crippen LogP contribution >= 0.6 is 27.3 Å². The zero-order valence-corrected chi connectivity index (χ0v) is 15.6. The molecule has 1 aromatic heterocycles. The van der Waals surface area contributed by atoms with Crippen LogP contribution in [0.2, 0.25) is 0 Å². The highest BCUT2D eigenvalue weighted by Gasteiger charge is 2.16. The van der Waals surface area contributed by atoms with Crippen molar-refractivity contribution in [2.45, 2.75) is 26.2 Å². The van der Waals surface area contributed by atoms with Crippen molar-refractivity contribution in [2.24, 2.45) is 0 Å². The molecule has 23 heavy (non-hydrogen) atoms. The Morgan fingerprint density at radius 2 is 1.91 bits per heavy atom. The molecule has 0 spiro atoms. The number of halogens is 1. The summed E-state index contributed by atoms with van der Waals surface area (Å²) in [4.78, 5) is 12.4. The Balaban J connectivity index is 2.15. The highest BCUT2D eigenvalue weighted by molar-refractivity contribution is 9.10. The third-order valence-electron chi connectivity index (χ3n) is 3.14. The van der Waals surface area contributed by atoms with E-state index in [0.717, 1.165) is 24.3 Å². The van der Waals surface area contributed by atoms with Crippen molar-refractivity contribution in [3.05, 3.63) is 27.2 Å². The molecule has 0 aliphatic heterocycles. The summed E-state index contributed by atoms with van der Waals surface area (Å²) in [6.07, 6.45) is 3.04. The molecule has 1 amide bonds. The van der Waals surface area contributed by atoms with Gasteiger partial charge < -0.3 is 9.47 Å². The summed E-state index contributed by atoms with van der Waals surface area (Å²) in [6.45, 7) is 2.12. The normalized spacial score (nSPS) is 10.4. The van der Waals surface area contributed by atoms with Gasteiger partial charge in [0.25, 0.3) is 5.91 Å². The van der Waals surface area contributed by atoms with Crippen LogP contribution in [0.1, 0.15) is 35.1 Å². The second kappa shape index (κ2) is 8.26. The molecule has 0 aliphatic rings. The number of aromatic nitrogens is 2. The van der Waals surface area contributed by atoms with Gasteiger partial charge in [0.1, 0.15) is 21.0 Å². The molecule has 2 rings (SSSR count). The number of aryl methyl sites for hydroxylation is 1. The molecular formula is C15H18BrN3O3S. The van der Waals surface area contributed by atoms with Crippen molar-refractivity contribution in [1.82, 2.24) is 10.2 Å². The fraction of sp³-hybridized carbons (Fsp3) is 0.400. The molecule has 0 saturated carbocycles. The minimum Gasteiger partial charge on any atom is -0.495 e. The Bertz CT molecular complexity index is 665. The van der Waals surface area contributed by atoms with Gasteiger partial charge in [-0.25, -0.2) is 0 Å². The topological polar surface area (TPSA) is 73.3 Å². The Morgan fingerprint density at radius 3 is 2.48 bits per heavy atom. The fourth-order valence-corrected chi connectivity index (χ4v) is 3.23. The number of carbonyl (C=O) groups excluding carboxylic acids is 1. The average molecular weight is 400 g/mol. The van der Waals surface area contributed by atoms with E-state index in [2.05, 4.69) is 38.4 Å². The van der Waals surface area contributed by atoms with E-state index in [-0.39, 0.29) is 5.91 Å². The van der Waals surface area contributed by atoms with E-state index in [0.29, 0.717) is 26.7 Å². The Morgan fingerprint density at radius 1 is 1.26 bits per heavy atom. The minimum atomic E-state index is -0.285. The third kappa shape index (κ3) is 4.42. The molecule has 8 heteroatoms. The summed E-state index contributed by atoms with van der Waals surface area (Å²) in [5.74, 6) is 0.762.